The molecule has 2 atom stereocenters. The van der Waals surface area contributed by atoms with Crippen LogP contribution in [-0.4, -0.2) is 50.0 Å². The number of nitrogens with zero attached hydrogens (tertiary/aromatic N) is 2. The molecule has 0 fully saturated rings. The largest absolute Gasteiger partial charge is 0.352 e. The normalized spacial score (nSPS) is 13.1. The third-order valence-corrected chi connectivity index (χ3v) is 7.76. The highest BCUT2D eigenvalue weighted by Crippen LogP contribution is 2.27. The van der Waals surface area contributed by atoms with E-state index < -0.39 is 28.5 Å². The van der Waals surface area contributed by atoms with E-state index in [2.05, 4.69) is 5.32 Å². The minimum absolute atomic E-state index is 0.00826. The predicted molar refractivity (Wildman–Crippen MR) is 142 cm³/mol. The molecule has 0 aliphatic carbocycles. The van der Waals surface area contributed by atoms with Gasteiger partial charge in [-0.3, -0.25) is 13.9 Å². The fourth-order valence-corrected chi connectivity index (χ4v) is 4.85. The number of nitrogens with one attached hydrogen (secondary N) is 1. The lowest BCUT2D eigenvalue weighted by Crippen LogP contribution is -2.52. The molecule has 0 aromatic heterocycles. The molecule has 2 aromatic rings. The number of sulfonamides is 1. The molecule has 192 valence electrons. The Balaban J connectivity index is 2.47. The summed E-state index contributed by atoms with van der Waals surface area (Å²) in [7, 11) is -3.80. The van der Waals surface area contributed by atoms with Gasteiger partial charge in [0.05, 0.1) is 11.9 Å². The van der Waals surface area contributed by atoms with Crippen LogP contribution in [0.4, 0.5) is 5.69 Å². The molecule has 2 rings (SSSR count). The first kappa shape index (κ1) is 28.9. The number of aryl methyl sites for hydroxylation is 1. The van der Waals surface area contributed by atoms with Gasteiger partial charge in [-0.05, 0) is 69.0 Å². The van der Waals surface area contributed by atoms with Crippen molar-refractivity contribution >= 4 is 50.7 Å². The van der Waals surface area contributed by atoms with E-state index in [1.165, 1.54) is 4.90 Å². The van der Waals surface area contributed by atoms with Crippen LogP contribution in [0.25, 0.3) is 0 Å². The molecule has 7 nitrogen and oxygen atoms in total. The van der Waals surface area contributed by atoms with Crippen LogP contribution in [0.15, 0.2) is 36.4 Å². The Morgan fingerprint density at radius 3 is 2.31 bits per heavy atom. The Morgan fingerprint density at radius 2 is 1.74 bits per heavy atom. The average Bonchev–Trinajstić information content (AvgIpc) is 2.77. The standard InChI is InChI=1S/C25H33Cl2N3O4S/c1-7-17(3)28-25(32)19(5)29(14-20-11-12-21(26)13-22(20)27)24(31)15-30(35(6,33)34)23-10-8-9-16(2)18(23)4/h8-13,17,19H,7,14-15H2,1-6H3,(H,28,32)/t17-,19+/m0/s1. The van der Waals surface area contributed by atoms with Gasteiger partial charge in [-0.1, -0.05) is 48.3 Å². The fourth-order valence-electron chi connectivity index (χ4n) is 3.48. The molecule has 0 radical (unpaired) electrons. The first-order valence-electron chi connectivity index (χ1n) is 11.3. The van der Waals surface area contributed by atoms with Gasteiger partial charge in [-0.15, -0.1) is 0 Å². The lowest BCUT2D eigenvalue weighted by molar-refractivity contribution is -0.139. The van der Waals surface area contributed by atoms with E-state index in [4.69, 9.17) is 23.2 Å². The molecule has 0 spiro atoms. The van der Waals surface area contributed by atoms with E-state index in [0.29, 0.717) is 21.3 Å². The van der Waals surface area contributed by atoms with Gasteiger partial charge < -0.3 is 10.2 Å². The molecule has 2 aromatic carbocycles. The van der Waals surface area contributed by atoms with Crippen molar-refractivity contribution < 1.29 is 18.0 Å². The number of halogens is 2. The number of hydrogen-bond donors (Lipinski definition) is 1. The Morgan fingerprint density at radius 1 is 1.09 bits per heavy atom. The number of carbonyl (C=O) groups is 2. The van der Waals surface area contributed by atoms with Crippen molar-refractivity contribution in [2.75, 3.05) is 17.1 Å². The zero-order valence-corrected chi connectivity index (χ0v) is 23.3. The van der Waals surface area contributed by atoms with Crippen molar-refractivity contribution in [2.45, 2.75) is 59.7 Å². The van der Waals surface area contributed by atoms with Crippen molar-refractivity contribution in [3.05, 3.63) is 63.1 Å². The Kier molecular flexibility index (Phi) is 10.0. The molecule has 0 saturated carbocycles. The van der Waals surface area contributed by atoms with E-state index in [1.807, 2.05) is 26.8 Å². The molecule has 0 aliphatic rings. The summed E-state index contributed by atoms with van der Waals surface area (Å²) in [5, 5.41) is 3.68. The Bertz CT molecular complexity index is 1190. The van der Waals surface area contributed by atoms with E-state index in [-0.39, 0.29) is 18.5 Å². The molecule has 0 aliphatic heterocycles. The molecule has 1 N–H and O–H groups in total. The van der Waals surface area contributed by atoms with Crippen molar-refractivity contribution in [2.24, 2.45) is 0 Å². The summed E-state index contributed by atoms with van der Waals surface area (Å²) in [5.74, 6) is -0.871. The summed E-state index contributed by atoms with van der Waals surface area (Å²) in [6.07, 6.45) is 1.78. The minimum atomic E-state index is -3.80. The number of amides is 2. The highest BCUT2D eigenvalue weighted by molar-refractivity contribution is 7.92. The number of anilines is 1. The molecular formula is C25H33Cl2N3O4S. The number of rotatable bonds is 10. The topological polar surface area (TPSA) is 86.8 Å². The van der Waals surface area contributed by atoms with Gasteiger partial charge in [0.15, 0.2) is 0 Å². The van der Waals surface area contributed by atoms with Crippen LogP contribution in [0.1, 0.15) is 43.9 Å². The first-order chi connectivity index (χ1) is 16.3. The van der Waals surface area contributed by atoms with Gasteiger partial charge >= 0.3 is 0 Å². The van der Waals surface area contributed by atoms with Crippen LogP contribution >= 0.6 is 23.2 Å². The molecule has 0 unspecified atom stereocenters. The van der Waals surface area contributed by atoms with Crippen LogP contribution < -0.4 is 9.62 Å². The third kappa shape index (κ3) is 7.59. The maximum absolute atomic E-state index is 13.6. The van der Waals surface area contributed by atoms with Crippen LogP contribution in [0.2, 0.25) is 10.0 Å². The molecular weight excluding hydrogens is 509 g/mol. The quantitative estimate of drug-likeness (QED) is 0.471. The van der Waals surface area contributed by atoms with Crippen LogP contribution in [-0.2, 0) is 26.2 Å². The maximum Gasteiger partial charge on any atom is 0.244 e. The maximum atomic E-state index is 13.6. The Hall–Kier alpha value is -2.29. The van der Waals surface area contributed by atoms with E-state index >= 15 is 0 Å². The number of carbonyl (C=O) groups excluding carboxylic acids is 2. The smallest absolute Gasteiger partial charge is 0.244 e. The second kappa shape index (κ2) is 12.1. The van der Waals surface area contributed by atoms with E-state index in [0.717, 1.165) is 28.1 Å². The number of hydrogen-bond acceptors (Lipinski definition) is 4. The lowest BCUT2D eigenvalue weighted by atomic mass is 10.1. The van der Waals surface area contributed by atoms with Gasteiger partial charge in [0.2, 0.25) is 21.8 Å². The second-order valence-corrected chi connectivity index (χ2v) is 11.5. The van der Waals surface area contributed by atoms with Gasteiger partial charge in [-0.2, -0.15) is 0 Å². The zero-order valence-electron chi connectivity index (χ0n) is 20.9. The van der Waals surface area contributed by atoms with Crippen molar-refractivity contribution in [3.8, 4) is 0 Å². The lowest BCUT2D eigenvalue weighted by Gasteiger charge is -2.32. The molecule has 2 amide bonds. The van der Waals surface area contributed by atoms with Gasteiger partial charge in [-0.25, -0.2) is 8.42 Å². The van der Waals surface area contributed by atoms with Crippen LogP contribution in [0.5, 0.6) is 0 Å². The fraction of sp³-hybridized carbons (Fsp3) is 0.440. The SMILES string of the molecule is CC[C@H](C)NC(=O)[C@@H](C)N(Cc1ccc(Cl)cc1Cl)C(=O)CN(c1cccc(C)c1C)S(C)(=O)=O. The molecule has 35 heavy (non-hydrogen) atoms. The second-order valence-electron chi connectivity index (χ2n) is 8.74. The molecule has 10 heteroatoms. The van der Waals surface area contributed by atoms with E-state index in [9.17, 15) is 18.0 Å². The highest BCUT2D eigenvalue weighted by Gasteiger charge is 2.31. The summed E-state index contributed by atoms with van der Waals surface area (Å²) in [6, 6.07) is 9.22. The molecule has 0 bridgehead atoms. The van der Waals surface area contributed by atoms with Gasteiger partial charge in [0, 0.05) is 22.6 Å². The summed E-state index contributed by atoms with van der Waals surface area (Å²) >= 11 is 12.4. The van der Waals surface area contributed by atoms with Crippen molar-refractivity contribution in [1.82, 2.24) is 10.2 Å². The van der Waals surface area contributed by atoms with Crippen LogP contribution in [0.3, 0.4) is 0 Å². The zero-order chi connectivity index (χ0) is 26.5. The van der Waals surface area contributed by atoms with Crippen molar-refractivity contribution in [3.63, 3.8) is 0 Å². The van der Waals surface area contributed by atoms with Gasteiger partial charge in [0.1, 0.15) is 12.6 Å². The Labute approximate surface area is 218 Å². The highest BCUT2D eigenvalue weighted by atomic mass is 35.5. The summed E-state index contributed by atoms with van der Waals surface area (Å²) in [4.78, 5) is 27.9. The summed E-state index contributed by atoms with van der Waals surface area (Å²) < 4.78 is 26.5. The summed E-state index contributed by atoms with van der Waals surface area (Å²) in [5.41, 5.74) is 2.66. The number of benzene rings is 2. The first-order valence-corrected chi connectivity index (χ1v) is 13.9. The van der Waals surface area contributed by atoms with Crippen molar-refractivity contribution in [1.29, 1.82) is 0 Å². The molecule has 0 saturated heterocycles. The third-order valence-electron chi connectivity index (χ3n) is 6.05. The van der Waals surface area contributed by atoms with Crippen LogP contribution in [0, 0.1) is 13.8 Å². The average molecular weight is 543 g/mol. The van der Waals surface area contributed by atoms with Gasteiger partial charge in [0.25, 0.3) is 0 Å². The minimum Gasteiger partial charge on any atom is -0.352 e. The monoisotopic (exact) mass is 541 g/mol. The van der Waals surface area contributed by atoms with E-state index in [1.54, 1.807) is 44.2 Å². The predicted octanol–water partition coefficient (Wildman–Crippen LogP) is 4.71. The summed E-state index contributed by atoms with van der Waals surface area (Å²) in [6.45, 7) is 8.66. The molecule has 0 heterocycles.